The van der Waals surface area contributed by atoms with Crippen LogP contribution in [-0.2, 0) is 0 Å². The lowest BCUT2D eigenvalue weighted by Gasteiger charge is -2.31. The molecule has 0 amide bonds. The summed E-state index contributed by atoms with van der Waals surface area (Å²) in [7, 11) is 0. The lowest BCUT2D eigenvalue weighted by Crippen LogP contribution is -2.40. The van der Waals surface area contributed by atoms with Crippen LogP contribution in [-0.4, -0.2) is 34.6 Å². The second-order valence-corrected chi connectivity index (χ2v) is 5.79. The summed E-state index contributed by atoms with van der Waals surface area (Å²) in [5, 5.41) is 12.3. The average Bonchev–Trinajstić information content (AvgIpc) is 2.77. The third-order valence-electron chi connectivity index (χ3n) is 3.38. The zero-order valence-corrected chi connectivity index (χ0v) is 11.3. The Bertz CT molecular complexity index is 456. The van der Waals surface area contributed by atoms with Crippen LogP contribution in [0.2, 0.25) is 0 Å². The van der Waals surface area contributed by atoms with E-state index in [0.717, 1.165) is 25.3 Å². The van der Waals surface area contributed by atoms with Crippen LogP contribution in [0.5, 0.6) is 0 Å². The van der Waals surface area contributed by atoms with Gasteiger partial charge in [-0.15, -0.1) is 0 Å². The summed E-state index contributed by atoms with van der Waals surface area (Å²) in [5.74, 6) is 0.801. The van der Waals surface area contributed by atoms with Crippen molar-refractivity contribution in [2.45, 2.75) is 38.8 Å². The molecule has 0 bridgehead atoms. The number of hydrogen-bond donors (Lipinski definition) is 1. The van der Waals surface area contributed by atoms with Gasteiger partial charge in [0.1, 0.15) is 5.82 Å². The van der Waals surface area contributed by atoms with E-state index >= 15 is 0 Å². The first-order chi connectivity index (χ1) is 8.49. The molecule has 96 valence electrons. The van der Waals surface area contributed by atoms with Crippen molar-refractivity contribution < 1.29 is 0 Å². The van der Waals surface area contributed by atoms with Crippen molar-refractivity contribution >= 4 is 5.82 Å². The predicted octanol–water partition coefficient (Wildman–Crippen LogP) is 2.24. The Morgan fingerprint density at radius 3 is 2.89 bits per heavy atom. The molecule has 1 N–H and O–H groups in total. The first-order valence-electron chi connectivity index (χ1n) is 6.37. The first kappa shape index (κ1) is 12.8. The van der Waals surface area contributed by atoms with Crippen molar-refractivity contribution in [2.24, 2.45) is 0 Å². The number of aromatic nitrogens is 1. The van der Waals surface area contributed by atoms with Crippen molar-refractivity contribution in [3.8, 4) is 6.07 Å². The van der Waals surface area contributed by atoms with E-state index < -0.39 is 0 Å². The molecule has 0 saturated carbocycles. The van der Waals surface area contributed by atoms with Crippen LogP contribution in [0.15, 0.2) is 18.3 Å². The second-order valence-electron chi connectivity index (χ2n) is 5.79. The summed E-state index contributed by atoms with van der Waals surface area (Å²) in [5.41, 5.74) is 0.872. The minimum Gasteiger partial charge on any atom is -0.366 e. The van der Waals surface area contributed by atoms with Crippen LogP contribution in [0.25, 0.3) is 0 Å². The summed E-state index contributed by atoms with van der Waals surface area (Å²) in [6, 6.07) is 6.09. The van der Waals surface area contributed by atoms with Crippen molar-refractivity contribution in [1.82, 2.24) is 9.88 Å². The number of hydrogen-bond acceptors (Lipinski definition) is 4. The molecule has 1 aromatic rings. The molecule has 1 atom stereocenters. The quantitative estimate of drug-likeness (QED) is 0.867. The fourth-order valence-corrected chi connectivity index (χ4v) is 2.28. The summed E-state index contributed by atoms with van der Waals surface area (Å²) in [6.45, 7) is 8.86. The first-order valence-corrected chi connectivity index (χ1v) is 6.37. The SMILES string of the molecule is CC(C)(C)N1CCC(Nc2cc(C#N)ccn2)C1. The van der Waals surface area contributed by atoms with Crippen LogP contribution < -0.4 is 5.32 Å². The number of rotatable bonds is 2. The van der Waals surface area contributed by atoms with E-state index in [1.54, 1.807) is 18.3 Å². The predicted molar refractivity (Wildman–Crippen MR) is 72.3 cm³/mol. The standard InChI is InChI=1S/C14H20N4/c1-14(2,3)18-7-5-12(10-18)17-13-8-11(9-15)4-6-16-13/h4,6,8,12H,5,7,10H2,1-3H3,(H,16,17). The Balaban J connectivity index is 1.97. The number of nitrogens with one attached hydrogen (secondary N) is 1. The summed E-state index contributed by atoms with van der Waals surface area (Å²) in [4.78, 5) is 6.73. The average molecular weight is 244 g/mol. The molecule has 1 aliphatic rings. The lowest BCUT2D eigenvalue weighted by atomic mass is 10.1. The van der Waals surface area contributed by atoms with Gasteiger partial charge in [0.2, 0.25) is 0 Å². The molecule has 1 saturated heterocycles. The van der Waals surface area contributed by atoms with Gasteiger partial charge in [0.25, 0.3) is 0 Å². The van der Waals surface area contributed by atoms with E-state index in [1.165, 1.54) is 0 Å². The summed E-state index contributed by atoms with van der Waals surface area (Å²) in [6.07, 6.45) is 2.80. The third kappa shape index (κ3) is 2.99. The van der Waals surface area contributed by atoms with Crippen LogP contribution in [0.4, 0.5) is 5.82 Å². The molecule has 1 aliphatic heterocycles. The number of likely N-dealkylation sites (tertiary alicyclic amines) is 1. The number of nitriles is 1. The maximum absolute atomic E-state index is 8.86. The zero-order chi connectivity index (χ0) is 13.2. The Labute approximate surface area is 109 Å². The van der Waals surface area contributed by atoms with Gasteiger partial charge < -0.3 is 5.32 Å². The van der Waals surface area contributed by atoms with E-state index in [0.29, 0.717) is 11.6 Å². The Morgan fingerprint density at radius 1 is 1.50 bits per heavy atom. The molecule has 1 fully saturated rings. The van der Waals surface area contributed by atoms with Crippen LogP contribution >= 0.6 is 0 Å². The third-order valence-corrected chi connectivity index (χ3v) is 3.38. The molecular weight excluding hydrogens is 224 g/mol. The largest absolute Gasteiger partial charge is 0.366 e. The van der Waals surface area contributed by atoms with Gasteiger partial charge in [-0.1, -0.05) is 0 Å². The number of nitrogens with zero attached hydrogens (tertiary/aromatic N) is 3. The zero-order valence-electron chi connectivity index (χ0n) is 11.3. The molecular formula is C14H20N4. The van der Waals surface area contributed by atoms with Crippen molar-refractivity contribution in [3.63, 3.8) is 0 Å². The molecule has 18 heavy (non-hydrogen) atoms. The van der Waals surface area contributed by atoms with Crippen molar-refractivity contribution in [1.29, 1.82) is 5.26 Å². The minimum absolute atomic E-state index is 0.221. The molecule has 2 heterocycles. The van der Waals surface area contributed by atoms with Gasteiger partial charge in [0.15, 0.2) is 0 Å². The maximum Gasteiger partial charge on any atom is 0.127 e. The Kier molecular flexibility index (Phi) is 3.53. The molecule has 4 nitrogen and oxygen atoms in total. The van der Waals surface area contributed by atoms with Gasteiger partial charge in [0, 0.05) is 30.9 Å². The highest BCUT2D eigenvalue weighted by Gasteiger charge is 2.30. The highest BCUT2D eigenvalue weighted by molar-refractivity contribution is 5.43. The fourth-order valence-electron chi connectivity index (χ4n) is 2.28. The molecule has 2 rings (SSSR count). The molecule has 0 aromatic carbocycles. The van der Waals surface area contributed by atoms with Gasteiger partial charge in [-0.05, 0) is 39.3 Å². The highest BCUT2D eigenvalue weighted by Crippen LogP contribution is 2.22. The van der Waals surface area contributed by atoms with Gasteiger partial charge in [-0.25, -0.2) is 4.98 Å². The summed E-state index contributed by atoms with van der Waals surface area (Å²) < 4.78 is 0. The molecule has 1 unspecified atom stereocenters. The Morgan fingerprint density at radius 2 is 2.28 bits per heavy atom. The lowest BCUT2D eigenvalue weighted by molar-refractivity contribution is 0.174. The topological polar surface area (TPSA) is 52.0 Å². The highest BCUT2D eigenvalue weighted by atomic mass is 15.2. The second kappa shape index (κ2) is 4.95. The summed E-state index contributed by atoms with van der Waals surface area (Å²) >= 11 is 0. The molecule has 1 aromatic heterocycles. The van der Waals surface area contributed by atoms with Gasteiger partial charge in [-0.3, -0.25) is 4.90 Å². The van der Waals surface area contributed by atoms with Gasteiger partial charge in [0.05, 0.1) is 11.6 Å². The van der Waals surface area contributed by atoms with Crippen LogP contribution in [0.3, 0.4) is 0 Å². The van der Waals surface area contributed by atoms with Crippen molar-refractivity contribution in [3.05, 3.63) is 23.9 Å². The van der Waals surface area contributed by atoms with E-state index in [9.17, 15) is 0 Å². The van der Waals surface area contributed by atoms with E-state index in [-0.39, 0.29) is 5.54 Å². The number of anilines is 1. The fraction of sp³-hybridized carbons (Fsp3) is 0.571. The van der Waals surface area contributed by atoms with Crippen LogP contribution in [0.1, 0.15) is 32.8 Å². The minimum atomic E-state index is 0.221. The van der Waals surface area contributed by atoms with Gasteiger partial charge >= 0.3 is 0 Å². The molecule has 0 aliphatic carbocycles. The molecule has 0 spiro atoms. The van der Waals surface area contributed by atoms with E-state index in [1.807, 2.05) is 0 Å². The smallest absolute Gasteiger partial charge is 0.127 e. The molecule has 0 radical (unpaired) electrons. The van der Waals surface area contributed by atoms with Crippen molar-refractivity contribution in [2.75, 3.05) is 18.4 Å². The van der Waals surface area contributed by atoms with E-state index in [2.05, 4.69) is 42.0 Å². The normalized spacial score (nSPS) is 20.7. The maximum atomic E-state index is 8.86. The van der Waals surface area contributed by atoms with Crippen LogP contribution in [0, 0.1) is 11.3 Å². The number of pyridine rings is 1. The Hall–Kier alpha value is -1.60. The molecule has 4 heteroatoms. The van der Waals surface area contributed by atoms with E-state index in [4.69, 9.17) is 5.26 Å². The van der Waals surface area contributed by atoms with Gasteiger partial charge in [-0.2, -0.15) is 5.26 Å². The monoisotopic (exact) mass is 244 g/mol.